The summed E-state index contributed by atoms with van der Waals surface area (Å²) in [4.78, 5) is 39.0. The van der Waals surface area contributed by atoms with Gasteiger partial charge in [0.25, 0.3) is 11.6 Å². The van der Waals surface area contributed by atoms with Crippen molar-refractivity contribution in [2.24, 2.45) is 0 Å². The van der Waals surface area contributed by atoms with Gasteiger partial charge in [0, 0.05) is 27.9 Å². The van der Waals surface area contributed by atoms with Crippen molar-refractivity contribution in [1.29, 1.82) is 0 Å². The Morgan fingerprint density at radius 1 is 1.12 bits per heavy atom. The summed E-state index contributed by atoms with van der Waals surface area (Å²) in [6.45, 7) is -0.176. The fraction of sp³-hybridized carbons (Fsp3) is 0.304. The zero-order valence-electron chi connectivity index (χ0n) is 17.6. The fourth-order valence-corrected chi connectivity index (χ4v) is 5.78. The lowest BCUT2D eigenvalue weighted by atomic mass is 9.94. The Balaban J connectivity index is 1.59. The van der Waals surface area contributed by atoms with Gasteiger partial charge in [0.15, 0.2) is 0 Å². The molecule has 1 saturated carbocycles. The summed E-state index contributed by atoms with van der Waals surface area (Å²) in [5.74, 6) is -0.715. The van der Waals surface area contributed by atoms with Crippen LogP contribution in [0.4, 0.5) is 11.4 Å². The molecule has 2 amide bonds. The number of thiophene rings is 1. The van der Waals surface area contributed by atoms with Crippen molar-refractivity contribution in [2.75, 3.05) is 11.9 Å². The molecule has 0 saturated heterocycles. The molecule has 0 radical (unpaired) electrons. The summed E-state index contributed by atoms with van der Waals surface area (Å²) >= 11 is 13.7. The second-order valence-corrected chi connectivity index (χ2v) is 9.78. The van der Waals surface area contributed by atoms with Crippen LogP contribution in [0.3, 0.4) is 0 Å². The molecule has 10 heteroatoms. The monoisotopic (exact) mass is 505 g/mol. The molecule has 1 fully saturated rings. The number of hydrogen-bond acceptors (Lipinski definition) is 5. The Hall–Kier alpha value is -2.68. The van der Waals surface area contributed by atoms with Gasteiger partial charge in [-0.15, -0.1) is 11.3 Å². The third-order valence-corrected chi connectivity index (χ3v) is 7.73. The minimum absolute atomic E-state index is 0.0172. The van der Waals surface area contributed by atoms with E-state index in [0.29, 0.717) is 9.90 Å². The lowest BCUT2D eigenvalue weighted by Gasteiger charge is -2.33. The second kappa shape index (κ2) is 10.1. The number of fused-ring (bicyclic) bond motifs is 1. The van der Waals surface area contributed by atoms with Gasteiger partial charge < -0.3 is 10.2 Å². The summed E-state index contributed by atoms with van der Waals surface area (Å²) in [5, 5.41) is 15.0. The average molecular weight is 506 g/mol. The second-order valence-electron chi connectivity index (χ2n) is 7.94. The average Bonchev–Trinajstić information content (AvgIpc) is 3.15. The molecule has 7 nitrogen and oxygen atoms in total. The molecule has 1 N–H and O–H groups in total. The molecular formula is C23H21Cl2N3O4S. The lowest BCUT2D eigenvalue weighted by Crippen LogP contribution is -2.45. The maximum absolute atomic E-state index is 13.6. The van der Waals surface area contributed by atoms with E-state index in [1.165, 1.54) is 29.5 Å². The number of anilines is 1. The van der Waals surface area contributed by atoms with Crippen LogP contribution in [0.25, 0.3) is 10.1 Å². The highest BCUT2D eigenvalue weighted by molar-refractivity contribution is 7.21. The number of nitro benzene ring substituents is 1. The van der Waals surface area contributed by atoms with E-state index in [4.69, 9.17) is 23.2 Å². The Labute approximate surface area is 204 Å². The van der Waals surface area contributed by atoms with Crippen LogP contribution in [0.15, 0.2) is 42.5 Å². The van der Waals surface area contributed by atoms with Gasteiger partial charge in [-0.25, -0.2) is 0 Å². The van der Waals surface area contributed by atoms with Gasteiger partial charge in [0.05, 0.1) is 9.95 Å². The van der Waals surface area contributed by atoms with E-state index < -0.39 is 10.8 Å². The summed E-state index contributed by atoms with van der Waals surface area (Å²) in [6, 6.07) is 11.5. The van der Waals surface area contributed by atoms with Gasteiger partial charge >= 0.3 is 0 Å². The van der Waals surface area contributed by atoms with Gasteiger partial charge in [-0.2, -0.15) is 0 Å². The van der Waals surface area contributed by atoms with Crippen LogP contribution in [0.1, 0.15) is 41.8 Å². The maximum atomic E-state index is 13.6. The van der Waals surface area contributed by atoms with Crippen molar-refractivity contribution in [3.63, 3.8) is 0 Å². The van der Waals surface area contributed by atoms with Crippen molar-refractivity contribution in [2.45, 2.75) is 38.1 Å². The molecule has 0 unspecified atom stereocenters. The number of nitrogens with one attached hydrogen (secondary N) is 1. The molecule has 1 aliphatic rings. The molecule has 0 bridgehead atoms. The quantitative estimate of drug-likeness (QED) is 0.304. The first kappa shape index (κ1) is 23.5. The summed E-state index contributed by atoms with van der Waals surface area (Å²) in [6.07, 6.45) is 4.70. The molecule has 0 aliphatic heterocycles. The van der Waals surface area contributed by atoms with Crippen LogP contribution in [0, 0.1) is 10.1 Å². The minimum atomic E-state index is -0.612. The van der Waals surface area contributed by atoms with E-state index in [2.05, 4.69) is 5.32 Å². The van der Waals surface area contributed by atoms with E-state index in [1.807, 2.05) is 24.3 Å². The van der Waals surface area contributed by atoms with E-state index in [0.717, 1.165) is 42.2 Å². The van der Waals surface area contributed by atoms with E-state index in [-0.39, 0.29) is 34.9 Å². The molecule has 1 aliphatic carbocycles. The Morgan fingerprint density at radius 2 is 1.85 bits per heavy atom. The Morgan fingerprint density at radius 3 is 2.55 bits per heavy atom. The molecule has 33 heavy (non-hydrogen) atoms. The standard InChI is InChI=1S/C23H21Cl2N3O4S/c24-17-11-10-14(12-18(17)28(31)32)26-20(29)13-27(15-6-2-1-3-7-15)23(30)22-21(25)16-8-4-5-9-19(16)33-22/h4-5,8-12,15H,1-3,6-7,13H2,(H,26,29). The van der Waals surface area contributed by atoms with Crippen LogP contribution >= 0.6 is 34.5 Å². The number of amides is 2. The smallest absolute Gasteiger partial charge is 0.289 e. The molecule has 1 heterocycles. The largest absolute Gasteiger partial charge is 0.326 e. The Bertz CT molecular complexity index is 1220. The van der Waals surface area contributed by atoms with E-state index >= 15 is 0 Å². The van der Waals surface area contributed by atoms with Gasteiger partial charge in [0.2, 0.25) is 5.91 Å². The van der Waals surface area contributed by atoms with Crippen molar-refractivity contribution in [3.8, 4) is 0 Å². The highest BCUT2D eigenvalue weighted by Gasteiger charge is 2.31. The lowest BCUT2D eigenvalue weighted by molar-refractivity contribution is -0.384. The molecule has 3 aromatic rings. The van der Waals surface area contributed by atoms with E-state index in [1.54, 1.807) is 4.90 Å². The van der Waals surface area contributed by atoms with Crippen molar-refractivity contribution in [3.05, 3.63) is 67.5 Å². The summed E-state index contributed by atoms with van der Waals surface area (Å²) in [7, 11) is 0. The number of hydrogen-bond donors (Lipinski definition) is 1. The number of halogens is 2. The number of carbonyl (C=O) groups excluding carboxylic acids is 2. The van der Waals surface area contributed by atoms with Crippen LogP contribution in [0.5, 0.6) is 0 Å². The molecule has 0 spiro atoms. The zero-order chi connectivity index (χ0) is 23.5. The number of nitrogens with zero attached hydrogens (tertiary/aromatic N) is 2. The highest BCUT2D eigenvalue weighted by atomic mass is 35.5. The first-order chi connectivity index (χ1) is 15.8. The van der Waals surface area contributed by atoms with Gasteiger partial charge in [0.1, 0.15) is 16.4 Å². The summed E-state index contributed by atoms with van der Waals surface area (Å²) in [5.41, 5.74) is -0.0567. The third-order valence-electron chi connectivity index (χ3n) is 5.75. The van der Waals surface area contributed by atoms with Gasteiger partial charge in [-0.05, 0) is 31.0 Å². The fourth-order valence-electron chi connectivity index (χ4n) is 4.13. The molecule has 2 aromatic carbocycles. The Kier molecular flexibility index (Phi) is 7.17. The normalized spacial score (nSPS) is 14.2. The molecular weight excluding hydrogens is 485 g/mol. The number of carbonyl (C=O) groups is 2. The minimum Gasteiger partial charge on any atom is -0.326 e. The van der Waals surface area contributed by atoms with E-state index in [9.17, 15) is 19.7 Å². The first-order valence-corrected chi connectivity index (χ1v) is 12.1. The highest BCUT2D eigenvalue weighted by Crippen LogP contribution is 2.37. The topological polar surface area (TPSA) is 92.6 Å². The van der Waals surface area contributed by atoms with Crippen LogP contribution in [-0.2, 0) is 4.79 Å². The number of nitro groups is 1. The number of benzene rings is 2. The van der Waals surface area contributed by atoms with Gasteiger partial charge in [-0.3, -0.25) is 19.7 Å². The first-order valence-electron chi connectivity index (χ1n) is 10.6. The van der Waals surface area contributed by atoms with Gasteiger partial charge in [-0.1, -0.05) is 60.7 Å². The third kappa shape index (κ3) is 5.13. The molecule has 0 atom stereocenters. The van der Waals surface area contributed by atoms with Crippen LogP contribution in [0.2, 0.25) is 10.0 Å². The van der Waals surface area contributed by atoms with Crippen LogP contribution in [-0.4, -0.2) is 34.2 Å². The predicted octanol–water partition coefficient (Wildman–Crippen LogP) is 6.53. The van der Waals surface area contributed by atoms with Crippen molar-refractivity contribution >= 4 is 67.8 Å². The zero-order valence-corrected chi connectivity index (χ0v) is 19.9. The van der Waals surface area contributed by atoms with Crippen molar-refractivity contribution < 1.29 is 14.5 Å². The molecule has 4 rings (SSSR count). The van der Waals surface area contributed by atoms with Crippen LogP contribution < -0.4 is 5.32 Å². The SMILES string of the molecule is O=C(CN(C(=O)c1sc2ccccc2c1Cl)C1CCCCC1)Nc1ccc(Cl)c([N+](=O)[O-])c1. The predicted molar refractivity (Wildman–Crippen MR) is 131 cm³/mol. The molecule has 172 valence electrons. The maximum Gasteiger partial charge on any atom is 0.289 e. The van der Waals surface area contributed by atoms with Crippen molar-refractivity contribution in [1.82, 2.24) is 4.90 Å². The summed E-state index contributed by atoms with van der Waals surface area (Å²) < 4.78 is 0.910. The molecule has 1 aromatic heterocycles. The number of rotatable bonds is 6.